The number of ether oxygens (including phenoxy) is 1. The largest absolute Gasteiger partial charge is 0.383 e. The summed E-state index contributed by atoms with van der Waals surface area (Å²) in [5.41, 5.74) is 1.45. The highest BCUT2D eigenvalue weighted by Crippen LogP contribution is 2.41. The molecule has 0 saturated heterocycles. The summed E-state index contributed by atoms with van der Waals surface area (Å²) < 4.78 is 8.81. The third-order valence-electron chi connectivity index (χ3n) is 2.72. The molecule has 0 spiro atoms. The van der Waals surface area contributed by atoms with Crippen LogP contribution in [0.3, 0.4) is 0 Å². The molecule has 16 heavy (non-hydrogen) atoms. The molecule has 0 aliphatic carbocycles. The maximum atomic E-state index is 5.28. The highest BCUT2D eigenvalue weighted by molar-refractivity contribution is 9.10. The van der Waals surface area contributed by atoms with Crippen LogP contribution in [-0.4, -0.2) is 23.6 Å². The number of hydrogen-bond donors (Lipinski definition) is 0. The first-order valence-corrected chi connectivity index (χ1v) is 6.82. The Hall–Kier alpha value is -0.0300. The molecule has 4 heteroatoms. The molecule has 1 heterocycles. The van der Waals surface area contributed by atoms with E-state index in [0.717, 1.165) is 17.6 Å². The van der Waals surface area contributed by atoms with Crippen LogP contribution in [0.15, 0.2) is 27.6 Å². The highest BCUT2D eigenvalue weighted by Gasteiger charge is 2.32. The van der Waals surface area contributed by atoms with E-state index in [4.69, 9.17) is 4.74 Å². The van der Waals surface area contributed by atoms with Gasteiger partial charge in [0, 0.05) is 28.6 Å². The smallest absolute Gasteiger partial charge is 0.0650 e. The van der Waals surface area contributed by atoms with Crippen LogP contribution in [0.25, 0.3) is 0 Å². The number of nitrogens with zero attached hydrogens (tertiary/aromatic N) is 1. The van der Waals surface area contributed by atoms with Gasteiger partial charge < -0.3 is 4.74 Å². The lowest BCUT2D eigenvalue weighted by Crippen LogP contribution is -2.40. The molecule has 0 radical (unpaired) electrons. The van der Waals surface area contributed by atoms with Crippen molar-refractivity contribution in [1.29, 1.82) is 0 Å². The Morgan fingerprint density at radius 2 is 2.25 bits per heavy atom. The summed E-state index contributed by atoms with van der Waals surface area (Å²) >= 11 is 5.34. The van der Waals surface area contributed by atoms with Crippen LogP contribution in [0.4, 0.5) is 0 Å². The lowest BCUT2D eigenvalue weighted by Gasteiger charge is -2.33. The van der Waals surface area contributed by atoms with Gasteiger partial charge in [0.1, 0.15) is 0 Å². The van der Waals surface area contributed by atoms with Crippen LogP contribution in [-0.2, 0) is 11.3 Å². The van der Waals surface area contributed by atoms with Crippen molar-refractivity contribution in [2.45, 2.75) is 30.8 Å². The number of rotatable bonds is 3. The van der Waals surface area contributed by atoms with Crippen LogP contribution in [0.5, 0.6) is 0 Å². The number of hydrogen-bond acceptors (Lipinski definition) is 3. The summed E-state index contributed by atoms with van der Waals surface area (Å²) in [6.07, 6.45) is 0. The summed E-state index contributed by atoms with van der Waals surface area (Å²) in [6.45, 7) is 6.15. The number of fused-ring (bicyclic) bond motifs is 1. The fraction of sp³-hybridized carbons (Fsp3) is 0.500. The summed E-state index contributed by atoms with van der Waals surface area (Å²) in [5.74, 6) is 0. The van der Waals surface area contributed by atoms with Crippen LogP contribution in [0.2, 0.25) is 0 Å². The molecule has 0 N–H and O–H groups in total. The van der Waals surface area contributed by atoms with E-state index in [0.29, 0.717) is 0 Å². The van der Waals surface area contributed by atoms with Gasteiger partial charge in [-0.05, 0) is 49.6 Å². The Bertz CT molecular complexity index is 395. The van der Waals surface area contributed by atoms with Gasteiger partial charge in [-0.1, -0.05) is 15.9 Å². The minimum atomic E-state index is 0.0604. The molecule has 0 aromatic heterocycles. The normalized spacial score (nSPS) is 16.5. The van der Waals surface area contributed by atoms with Gasteiger partial charge in [-0.2, -0.15) is 0 Å². The molecule has 0 saturated carbocycles. The van der Waals surface area contributed by atoms with E-state index < -0.39 is 0 Å². The molecule has 1 aliphatic rings. The van der Waals surface area contributed by atoms with Gasteiger partial charge in [0.15, 0.2) is 0 Å². The third-order valence-corrected chi connectivity index (χ3v) is 4.65. The molecule has 0 fully saturated rings. The van der Waals surface area contributed by atoms with E-state index in [1.165, 1.54) is 10.5 Å². The predicted molar refractivity (Wildman–Crippen MR) is 71.5 cm³/mol. The van der Waals surface area contributed by atoms with Crippen molar-refractivity contribution >= 4 is 27.9 Å². The Balaban J connectivity index is 2.16. The SMILES string of the molecule is COCC(C)(C)N1Cc2cc(Br)ccc2S1. The van der Waals surface area contributed by atoms with E-state index in [1.54, 1.807) is 7.11 Å². The maximum Gasteiger partial charge on any atom is 0.0650 e. The lowest BCUT2D eigenvalue weighted by atomic mass is 10.1. The minimum absolute atomic E-state index is 0.0604. The Kier molecular flexibility index (Phi) is 3.64. The second-order valence-corrected chi connectivity index (χ2v) is 6.60. The Labute approximate surface area is 110 Å². The Morgan fingerprint density at radius 1 is 1.50 bits per heavy atom. The van der Waals surface area contributed by atoms with Crippen molar-refractivity contribution < 1.29 is 4.74 Å². The summed E-state index contributed by atoms with van der Waals surface area (Å²) in [4.78, 5) is 1.35. The van der Waals surface area contributed by atoms with Crippen molar-refractivity contribution in [1.82, 2.24) is 4.31 Å². The summed E-state index contributed by atoms with van der Waals surface area (Å²) in [6, 6.07) is 6.47. The van der Waals surface area contributed by atoms with Gasteiger partial charge in [0.25, 0.3) is 0 Å². The van der Waals surface area contributed by atoms with Crippen molar-refractivity contribution in [2.24, 2.45) is 0 Å². The van der Waals surface area contributed by atoms with Gasteiger partial charge in [-0.3, -0.25) is 0 Å². The number of halogens is 1. The van der Waals surface area contributed by atoms with Gasteiger partial charge in [-0.25, -0.2) is 4.31 Å². The average Bonchev–Trinajstić information content (AvgIpc) is 2.61. The van der Waals surface area contributed by atoms with Crippen LogP contribution < -0.4 is 0 Å². The highest BCUT2D eigenvalue weighted by atomic mass is 79.9. The van der Waals surface area contributed by atoms with E-state index in [1.807, 2.05) is 11.9 Å². The van der Waals surface area contributed by atoms with E-state index >= 15 is 0 Å². The molecule has 1 aromatic carbocycles. The lowest BCUT2D eigenvalue weighted by molar-refractivity contribution is 0.0872. The number of methoxy groups -OCH3 is 1. The average molecular weight is 302 g/mol. The van der Waals surface area contributed by atoms with Crippen LogP contribution in [0, 0.1) is 0 Å². The third kappa shape index (κ3) is 2.45. The molecule has 0 bridgehead atoms. The first kappa shape index (κ1) is 12.4. The monoisotopic (exact) mass is 301 g/mol. The molecule has 2 rings (SSSR count). The Morgan fingerprint density at radius 3 is 2.94 bits per heavy atom. The van der Waals surface area contributed by atoms with E-state index in [9.17, 15) is 0 Å². The summed E-state index contributed by atoms with van der Waals surface area (Å²) in [7, 11) is 1.76. The van der Waals surface area contributed by atoms with Crippen molar-refractivity contribution in [3.05, 3.63) is 28.2 Å². The minimum Gasteiger partial charge on any atom is -0.383 e. The zero-order valence-corrected chi connectivity index (χ0v) is 12.2. The molecule has 0 unspecified atom stereocenters. The topological polar surface area (TPSA) is 12.5 Å². The van der Waals surface area contributed by atoms with Crippen LogP contribution >= 0.6 is 27.9 Å². The van der Waals surface area contributed by atoms with Crippen LogP contribution in [0.1, 0.15) is 19.4 Å². The molecule has 1 aliphatic heterocycles. The van der Waals surface area contributed by atoms with Gasteiger partial charge in [0.2, 0.25) is 0 Å². The molecule has 1 aromatic rings. The maximum absolute atomic E-state index is 5.28. The fourth-order valence-corrected chi connectivity index (χ4v) is 3.35. The van der Waals surface area contributed by atoms with Gasteiger partial charge in [-0.15, -0.1) is 0 Å². The van der Waals surface area contributed by atoms with Gasteiger partial charge >= 0.3 is 0 Å². The summed E-state index contributed by atoms with van der Waals surface area (Å²) in [5, 5.41) is 0. The second kappa shape index (κ2) is 4.69. The molecule has 0 atom stereocenters. The quantitative estimate of drug-likeness (QED) is 0.790. The molecule has 88 valence electrons. The zero-order valence-electron chi connectivity index (χ0n) is 9.79. The molecular weight excluding hydrogens is 286 g/mol. The molecule has 0 amide bonds. The fourth-order valence-electron chi connectivity index (χ4n) is 1.83. The van der Waals surface area contributed by atoms with Crippen molar-refractivity contribution in [2.75, 3.05) is 13.7 Å². The van der Waals surface area contributed by atoms with Gasteiger partial charge in [0.05, 0.1) is 6.61 Å². The van der Waals surface area contributed by atoms with Crippen molar-refractivity contribution in [3.63, 3.8) is 0 Å². The standard InChI is InChI=1S/C12H16BrNOS/c1-12(2,8-15-3)14-7-9-6-10(13)4-5-11(9)16-14/h4-6H,7-8H2,1-3H3. The van der Waals surface area contributed by atoms with E-state index in [2.05, 4.69) is 52.3 Å². The van der Waals surface area contributed by atoms with E-state index in [-0.39, 0.29) is 5.54 Å². The second-order valence-electron chi connectivity index (χ2n) is 4.63. The number of benzene rings is 1. The van der Waals surface area contributed by atoms with Crippen molar-refractivity contribution in [3.8, 4) is 0 Å². The zero-order chi connectivity index (χ0) is 11.8. The predicted octanol–water partition coefficient (Wildman–Crippen LogP) is 3.70. The first-order chi connectivity index (χ1) is 7.53. The molecular formula is C12H16BrNOS. The molecule has 2 nitrogen and oxygen atoms in total. The first-order valence-electron chi connectivity index (χ1n) is 5.26.